The Labute approximate surface area is 55.8 Å². The highest BCUT2D eigenvalue weighted by Gasteiger charge is 1.97. The monoisotopic (exact) mass is 130 g/mol. The Balaban J connectivity index is 3.27. The molecule has 0 radical (unpaired) electrons. The van der Waals surface area contributed by atoms with Gasteiger partial charge in [0.05, 0.1) is 0 Å². The summed E-state index contributed by atoms with van der Waals surface area (Å²) in [5.74, 6) is 0. The average molecular weight is 130 g/mol. The molecule has 0 heterocycles. The van der Waals surface area contributed by atoms with E-state index in [1.165, 1.54) is 0 Å². The van der Waals surface area contributed by atoms with Gasteiger partial charge in [-0.3, -0.25) is 0 Å². The van der Waals surface area contributed by atoms with Crippen LogP contribution in [0.3, 0.4) is 0 Å². The Morgan fingerprint density at radius 2 is 2.11 bits per heavy atom. The summed E-state index contributed by atoms with van der Waals surface area (Å²) >= 11 is 0. The van der Waals surface area contributed by atoms with Crippen molar-refractivity contribution in [3.05, 3.63) is 0 Å². The summed E-state index contributed by atoms with van der Waals surface area (Å²) in [6.07, 6.45) is 0. The Morgan fingerprint density at radius 1 is 1.56 bits per heavy atom. The molecule has 0 rings (SSSR count). The van der Waals surface area contributed by atoms with Gasteiger partial charge in [0, 0.05) is 12.6 Å². The van der Waals surface area contributed by atoms with Crippen molar-refractivity contribution in [1.29, 1.82) is 0 Å². The van der Waals surface area contributed by atoms with E-state index in [2.05, 4.69) is 10.6 Å². The summed E-state index contributed by atoms with van der Waals surface area (Å²) in [7, 11) is 0. The number of urea groups is 1. The molecule has 0 aromatic heterocycles. The van der Waals surface area contributed by atoms with Gasteiger partial charge in [-0.2, -0.15) is 0 Å². The Hall–Kier alpha value is -0.730. The van der Waals surface area contributed by atoms with Crippen LogP contribution in [-0.4, -0.2) is 18.6 Å². The highest BCUT2D eigenvalue weighted by atomic mass is 16.2. The van der Waals surface area contributed by atoms with Gasteiger partial charge in [-0.05, 0) is 20.8 Å². The first-order valence-corrected chi connectivity index (χ1v) is 3.21. The van der Waals surface area contributed by atoms with E-state index in [9.17, 15) is 4.79 Å². The molecule has 0 aliphatic heterocycles. The van der Waals surface area contributed by atoms with Gasteiger partial charge < -0.3 is 10.6 Å². The summed E-state index contributed by atoms with van der Waals surface area (Å²) < 4.78 is 0. The molecule has 0 spiro atoms. The van der Waals surface area contributed by atoms with E-state index in [0.29, 0.717) is 6.54 Å². The van der Waals surface area contributed by atoms with E-state index in [0.717, 1.165) is 0 Å². The van der Waals surface area contributed by atoms with Crippen LogP contribution in [-0.2, 0) is 0 Å². The normalized spacial score (nSPS) is 9.33. The van der Waals surface area contributed by atoms with Gasteiger partial charge in [0.1, 0.15) is 0 Å². The topological polar surface area (TPSA) is 41.1 Å². The van der Waals surface area contributed by atoms with Crippen LogP contribution >= 0.6 is 0 Å². The second-order valence-electron chi connectivity index (χ2n) is 2.16. The van der Waals surface area contributed by atoms with Crippen LogP contribution in [0, 0.1) is 0 Å². The zero-order valence-electron chi connectivity index (χ0n) is 6.19. The van der Waals surface area contributed by atoms with Crippen LogP contribution < -0.4 is 10.6 Å². The highest BCUT2D eigenvalue weighted by Crippen LogP contribution is 1.74. The lowest BCUT2D eigenvalue weighted by Crippen LogP contribution is -2.39. The summed E-state index contributed by atoms with van der Waals surface area (Å²) in [5, 5.41) is 5.32. The first-order chi connectivity index (χ1) is 4.16. The smallest absolute Gasteiger partial charge is 0.314 e. The van der Waals surface area contributed by atoms with Gasteiger partial charge in [-0.1, -0.05) is 0 Å². The maximum absolute atomic E-state index is 10.6. The van der Waals surface area contributed by atoms with Crippen LogP contribution in [0.25, 0.3) is 0 Å². The fourth-order valence-electron chi connectivity index (χ4n) is 0.474. The van der Waals surface area contributed by atoms with Gasteiger partial charge in [-0.25, -0.2) is 4.79 Å². The van der Waals surface area contributed by atoms with Gasteiger partial charge in [0.25, 0.3) is 0 Å². The molecular formula is C6H14N2O. The number of amides is 2. The fraction of sp³-hybridized carbons (Fsp3) is 0.833. The lowest BCUT2D eigenvalue weighted by atomic mass is 10.4. The maximum atomic E-state index is 10.6. The molecule has 0 saturated heterocycles. The molecule has 9 heavy (non-hydrogen) atoms. The summed E-state index contributed by atoms with van der Waals surface area (Å²) in [4.78, 5) is 10.6. The summed E-state index contributed by atoms with van der Waals surface area (Å²) in [5.41, 5.74) is 0. The van der Waals surface area contributed by atoms with Crippen molar-refractivity contribution in [3.63, 3.8) is 0 Å². The van der Waals surface area contributed by atoms with Crippen molar-refractivity contribution in [3.8, 4) is 0 Å². The SMILES string of the molecule is CCNC(=O)NC(C)C. The summed E-state index contributed by atoms with van der Waals surface area (Å²) in [6.45, 7) is 6.42. The maximum Gasteiger partial charge on any atom is 0.314 e. The predicted molar refractivity (Wildman–Crippen MR) is 37.3 cm³/mol. The second-order valence-corrected chi connectivity index (χ2v) is 2.16. The van der Waals surface area contributed by atoms with E-state index in [4.69, 9.17) is 0 Å². The molecule has 0 bridgehead atoms. The third-order valence-electron chi connectivity index (χ3n) is 0.757. The van der Waals surface area contributed by atoms with Gasteiger partial charge >= 0.3 is 6.03 Å². The third-order valence-corrected chi connectivity index (χ3v) is 0.757. The standard InChI is InChI=1S/C6H14N2O/c1-4-7-6(9)8-5(2)3/h5H,4H2,1-3H3,(H2,7,8,9). The minimum absolute atomic E-state index is 0.0903. The largest absolute Gasteiger partial charge is 0.338 e. The Bertz CT molecular complexity index is 91.1. The molecular weight excluding hydrogens is 116 g/mol. The predicted octanol–water partition coefficient (Wildman–Crippen LogP) is 0.714. The van der Waals surface area contributed by atoms with Gasteiger partial charge in [-0.15, -0.1) is 0 Å². The first kappa shape index (κ1) is 8.27. The molecule has 0 aliphatic carbocycles. The Morgan fingerprint density at radius 3 is 2.44 bits per heavy atom. The second kappa shape index (κ2) is 4.18. The molecule has 54 valence electrons. The van der Waals surface area contributed by atoms with Crippen molar-refractivity contribution >= 4 is 6.03 Å². The van der Waals surface area contributed by atoms with E-state index < -0.39 is 0 Å². The molecule has 0 aromatic rings. The Kier molecular flexibility index (Phi) is 3.84. The number of rotatable bonds is 2. The lowest BCUT2D eigenvalue weighted by molar-refractivity contribution is 0.239. The zero-order chi connectivity index (χ0) is 7.28. The number of hydrogen-bond donors (Lipinski definition) is 2. The minimum Gasteiger partial charge on any atom is -0.338 e. The quantitative estimate of drug-likeness (QED) is 0.568. The number of hydrogen-bond acceptors (Lipinski definition) is 1. The van der Waals surface area contributed by atoms with Crippen LogP contribution in [0.2, 0.25) is 0 Å². The van der Waals surface area contributed by atoms with Crippen LogP contribution in [0.1, 0.15) is 20.8 Å². The van der Waals surface area contributed by atoms with Crippen LogP contribution in [0.4, 0.5) is 4.79 Å². The lowest BCUT2D eigenvalue weighted by Gasteiger charge is -2.07. The highest BCUT2D eigenvalue weighted by molar-refractivity contribution is 5.73. The molecule has 0 unspecified atom stereocenters. The van der Waals surface area contributed by atoms with Crippen LogP contribution in [0.15, 0.2) is 0 Å². The van der Waals surface area contributed by atoms with E-state index in [1.807, 2.05) is 20.8 Å². The zero-order valence-corrected chi connectivity index (χ0v) is 6.19. The van der Waals surface area contributed by atoms with E-state index in [1.54, 1.807) is 0 Å². The van der Waals surface area contributed by atoms with Crippen molar-refractivity contribution in [1.82, 2.24) is 10.6 Å². The van der Waals surface area contributed by atoms with Crippen LogP contribution in [0.5, 0.6) is 0 Å². The number of carbonyl (C=O) groups is 1. The molecule has 0 fully saturated rings. The van der Waals surface area contributed by atoms with Crippen molar-refractivity contribution in [2.75, 3.05) is 6.54 Å². The minimum atomic E-state index is -0.0903. The first-order valence-electron chi connectivity index (χ1n) is 3.21. The molecule has 0 aliphatic rings. The fourth-order valence-corrected chi connectivity index (χ4v) is 0.474. The molecule has 3 nitrogen and oxygen atoms in total. The third kappa shape index (κ3) is 5.14. The molecule has 0 aromatic carbocycles. The van der Waals surface area contributed by atoms with Gasteiger partial charge in [0.2, 0.25) is 0 Å². The molecule has 0 saturated carbocycles. The molecule has 0 atom stereocenters. The van der Waals surface area contributed by atoms with Crippen molar-refractivity contribution < 1.29 is 4.79 Å². The number of carbonyl (C=O) groups excluding carboxylic acids is 1. The van der Waals surface area contributed by atoms with Crippen molar-refractivity contribution in [2.45, 2.75) is 26.8 Å². The van der Waals surface area contributed by atoms with Gasteiger partial charge in [0.15, 0.2) is 0 Å². The molecule has 2 N–H and O–H groups in total. The molecule has 2 amide bonds. The molecule has 3 heteroatoms. The summed E-state index contributed by atoms with van der Waals surface area (Å²) in [6, 6.07) is 0.129. The van der Waals surface area contributed by atoms with E-state index in [-0.39, 0.29) is 12.1 Å². The van der Waals surface area contributed by atoms with E-state index >= 15 is 0 Å². The average Bonchev–Trinajstić information content (AvgIpc) is 1.63. The number of nitrogens with one attached hydrogen (secondary N) is 2. The van der Waals surface area contributed by atoms with Crippen molar-refractivity contribution in [2.24, 2.45) is 0 Å².